The normalized spacial score (nSPS) is 25.1. The second-order valence-corrected chi connectivity index (χ2v) is 3.90. The largest absolute Gasteiger partial charge is 0.330 e. The molecule has 0 radical (unpaired) electrons. The minimum atomic E-state index is 0.761. The van der Waals surface area contributed by atoms with Gasteiger partial charge < -0.3 is 5.73 Å². The Kier molecular flexibility index (Phi) is 3.91. The lowest BCUT2D eigenvalue weighted by Gasteiger charge is -2.14. The van der Waals surface area contributed by atoms with Gasteiger partial charge in [-0.05, 0) is 19.3 Å². The Morgan fingerprint density at radius 3 is 3.10 bits per heavy atom. The quantitative estimate of drug-likeness (QED) is 0.632. The van der Waals surface area contributed by atoms with Crippen LogP contribution in [-0.2, 0) is 0 Å². The maximum absolute atomic E-state index is 5.40. The summed E-state index contributed by atoms with van der Waals surface area (Å²) in [6.45, 7) is 0.814. The van der Waals surface area contributed by atoms with Crippen LogP contribution in [0.4, 0.5) is 0 Å². The highest BCUT2D eigenvalue weighted by Gasteiger charge is 2.06. The minimum absolute atomic E-state index is 0.761. The van der Waals surface area contributed by atoms with Crippen molar-refractivity contribution in [1.82, 2.24) is 0 Å². The Bertz CT molecular complexity index is 112. The highest BCUT2D eigenvalue weighted by Crippen LogP contribution is 2.22. The van der Waals surface area contributed by atoms with Crippen molar-refractivity contribution in [3.63, 3.8) is 0 Å². The molecule has 0 aromatic rings. The standard InChI is InChI=1S/C8H15NS/c9-6-7-10-8-4-2-1-3-5-8/h2,4,8H,1,3,5-7,9H2. The van der Waals surface area contributed by atoms with Gasteiger partial charge in [0.15, 0.2) is 0 Å². The van der Waals surface area contributed by atoms with E-state index in [1.807, 2.05) is 11.8 Å². The van der Waals surface area contributed by atoms with Gasteiger partial charge in [-0.25, -0.2) is 0 Å². The molecule has 2 N–H and O–H groups in total. The maximum Gasteiger partial charge on any atom is 0.0227 e. The number of hydrogen-bond donors (Lipinski definition) is 1. The average Bonchev–Trinajstić information content (AvgIpc) is 2.03. The summed E-state index contributed by atoms with van der Waals surface area (Å²) in [5.41, 5.74) is 5.40. The van der Waals surface area contributed by atoms with Crippen LogP contribution in [0.2, 0.25) is 0 Å². The van der Waals surface area contributed by atoms with Crippen LogP contribution in [0.1, 0.15) is 19.3 Å². The van der Waals surface area contributed by atoms with Crippen molar-refractivity contribution in [1.29, 1.82) is 0 Å². The van der Waals surface area contributed by atoms with E-state index in [-0.39, 0.29) is 0 Å². The molecule has 0 heterocycles. The molecular formula is C8H15NS. The summed E-state index contributed by atoms with van der Waals surface area (Å²) in [5.74, 6) is 1.11. The molecule has 1 aliphatic carbocycles. The van der Waals surface area contributed by atoms with E-state index in [0.717, 1.165) is 17.5 Å². The van der Waals surface area contributed by atoms with Crippen LogP contribution in [0.25, 0.3) is 0 Å². The minimum Gasteiger partial charge on any atom is -0.330 e. The van der Waals surface area contributed by atoms with E-state index in [9.17, 15) is 0 Å². The van der Waals surface area contributed by atoms with Gasteiger partial charge in [0, 0.05) is 17.5 Å². The van der Waals surface area contributed by atoms with Crippen molar-refractivity contribution in [2.75, 3.05) is 12.3 Å². The second-order valence-electron chi connectivity index (χ2n) is 2.56. The van der Waals surface area contributed by atoms with Crippen LogP contribution in [0, 0.1) is 0 Å². The zero-order valence-corrected chi connectivity index (χ0v) is 7.07. The molecule has 10 heavy (non-hydrogen) atoms. The summed E-state index contributed by atoms with van der Waals surface area (Å²) < 4.78 is 0. The lowest BCUT2D eigenvalue weighted by molar-refractivity contribution is 0.741. The Balaban J connectivity index is 2.13. The SMILES string of the molecule is NCCSC1C=CCCC1. The van der Waals surface area contributed by atoms with E-state index in [1.165, 1.54) is 19.3 Å². The Morgan fingerprint density at radius 1 is 1.60 bits per heavy atom. The van der Waals surface area contributed by atoms with Crippen LogP contribution in [0.15, 0.2) is 12.2 Å². The molecule has 0 bridgehead atoms. The van der Waals surface area contributed by atoms with Gasteiger partial charge in [0.2, 0.25) is 0 Å². The molecule has 0 saturated carbocycles. The van der Waals surface area contributed by atoms with E-state index in [2.05, 4.69) is 12.2 Å². The first-order valence-electron chi connectivity index (χ1n) is 3.92. The molecule has 1 rings (SSSR count). The van der Waals surface area contributed by atoms with Crippen LogP contribution < -0.4 is 5.73 Å². The number of allylic oxidation sites excluding steroid dienone is 1. The Hall–Kier alpha value is 0.0500. The van der Waals surface area contributed by atoms with Crippen molar-refractivity contribution in [2.45, 2.75) is 24.5 Å². The van der Waals surface area contributed by atoms with Gasteiger partial charge >= 0.3 is 0 Å². The van der Waals surface area contributed by atoms with Crippen LogP contribution in [0.5, 0.6) is 0 Å². The third-order valence-electron chi connectivity index (χ3n) is 1.66. The molecule has 1 nitrogen and oxygen atoms in total. The monoisotopic (exact) mass is 157 g/mol. The van der Waals surface area contributed by atoms with Gasteiger partial charge in [-0.3, -0.25) is 0 Å². The molecule has 0 spiro atoms. The summed E-state index contributed by atoms with van der Waals surface area (Å²) in [4.78, 5) is 0. The topological polar surface area (TPSA) is 26.0 Å². The molecule has 58 valence electrons. The number of nitrogens with two attached hydrogens (primary N) is 1. The van der Waals surface area contributed by atoms with Gasteiger partial charge in [0.25, 0.3) is 0 Å². The number of thioether (sulfide) groups is 1. The molecule has 1 atom stereocenters. The first-order valence-corrected chi connectivity index (χ1v) is 4.96. The summed E-state index contributed by atoms with van der Waals surface area (Å²) in [6, 6.07) is 0. The Morgan fingerprint density at radius 2 is 2.50 bits per heavy atom. The smallest absolute Gasteiger partial charge is 0.0227 e. The molecular weight excluding hydrogens is 142 g/mol. The predicted molar refractivity (Wildman–Crippen MR) is 48.3 cm³/mol. The fourth-order valence-electron chi connectivity index (χ4n) is 1.14. The van der Waals surface area contributed by atoms with Gasteiger partial charge in [-0.15, -0.1) is 0 Å². The summed E-state index contributed by atoms with van der Waals surface area (Å²) in [5, 5.41) is 0.761. The number of rotatable bonds is 3. The molecule has 2 heteroatoms. The zero-order valence-electron chi connectivity index (χ0n) is 6.25. The highest BCUT2D eigenvalue weighted by molar-refractivity contribution is 8.00. The summed E-state index contributed by atoms with van der Waals surface area (Å²) in [7, 11) is 0. The lowest BCUT2D eigenvalue weighted by Crippen LogP contribution is -2.08. The molecule has 0 aromatic carbocycles. The van der Waals surface area contributed by atoms with Gasteiger partial charge in [0.05, 0.1) is 0 Å². The van der Waals surface area contributed by atoms with E-state index in [4.69, 9.17) is 5.73 Å². The molecule has 0 aromatic heterocycles. The van der Waals surface area contributed by atoms with Crippen molar-refractivity contribution >= 4 is 11.8 Å². The third kappa shape index (κ3) is 2.76. The second kappa shape index (κ2) is 4.80. The molecule has 1 unspecified atom stereocenters. The number of hydrogen-bond acceptors (Lipinski definition) is 2. The van der Waals surface area contributed by atoms with Gasteiger partial charge in [0.1, 0.15) is 0 Å². The maximum atomic E-state index is 5.40. The average molecular weight is 157 g/mol. The molecule has 1 aliphatic rings. The first-order chi connectivity index (χ1) is 4.93. The van der Waals surface area contributed by atoms with Gasteiger partial charge in [-0.2, -0.15) is 11.8 Å². The molecule has 0 amide bonds. The predicted octanol–water partition coefficient (Wildman–Crippen LogP) is 1.79. The van der Waals surface area contributed by atoms with Crippen molar-refractivity contribution in [3.8, 4) is 0 Å². The van der Waals surface area contributed by atoms with Crippen molar-refractivity contribution < 1.29 is 0 Å². The Labute approximate surface area is 67.1 Å². The third-order valence-corrected chi connectivity index (χ3v) is 2.95. The lowest BCUT2D eigenvalue weighted by atomic mass is 10.1. The van der Waals surface area contributed by atoms with Crippen LogP contribution in [-0.4, -0.2) is 17.5 Å². The van der Waals surface area contributed by atoms with Crippen molar-refractivity contribution in [3.05, 3.63) is 12.2 Å². The summed E-state index contributed by atoms with van der Waals surface area (Å²) >= 11 is 1.99. The highest BCUT2D eigenvalue weighted by atomic mass is 32.2. The van der Waals surface area contributed by atoms with E-state index < -0.39 is 0 Å². The fraction of sp³-hybridized carbons (Fsp3) is 0.750. The summed E-state index contributed by atoms with van der Waals surface area (Å²) in [6.07, 6.45) is 8.60. The van der Waals surface area contributed by atoms with E-state index in [1.54, 1.807) is 0 Å². The first kappa shape index (κ1) is 8.15. The molecule has 0 aliphatic heterocycles. The zero-order chi connectivity index (χ0) is 7.23. The van der Waals surface area contributed by atoms with Crippen LogP contribution in [0.3, 0.4) is 0 Å². The molecule has 0 fully saturated rings. The van der Waals surface area contributed by atoms with E-state index >= 15 is 0 Å². The van der Waals surface area contributed by atoms with Crippen molar-refractivity contribution in [2.24, 2.45) is 5.73 Å². The molecule has 0 saturated heterocycles. The van der Waals surface area contributed by atoms with Crippen LogP contribution >= 0.6 is 11.8 Å². The fourth-order valence-corrected chi connectivity index (χ4v) is 2.13. The van der Waals surface area contributed by atoms with E-state index in [0.29, 0.717) is 0 Å². The van der Waals surface area contributed by atoms with Gasteiger partial charge in [-0.1, -0.05) is 12.2 Å².